The van der Waals surface area contributed by atoms with Gasteiger partial charge in [-0.05, 0) is 25.5 Å². The van der Waals surface area contributed by atoms with Gasteiger partial charge in [-0.2, -0.15) is 5.10 Å². The molecule has 8 nitrogen and oxygen atoms in total. The van der Waals surface area contributed by atoms with Crippen LogP contribution >= 0.6 is 0 Å². The predicted octanol–water partition coefficient (Wildman–Crippen LogP) is 4.03. The Labute approximate surface area is 193 Å². The predicted molar refractivity (Wildman–Crippen MR) is 113 cm³/mol. The first-order valence-electron chi connectivity index (χ1n) is 10.2. The number of benzene rings is 1. The monoisotopic (exact) mass is 499 g/mol. The smallest absolute Gasteiger partial charge is 0.266 e. The first-order valence-corrected chi connectivity index (χ1v) is 11.7. The van der Waals surface area contributed by atoms with Gasteiger partial charge in [0.1, 0.15) is 28.5 Å². The summed E-state index contributed by atoms with van der Waals surface area (Å²) < 4.78 is 92.8. The van der Waals surface area contributed by atoms with E-state index in [1.54, 1.807) is 13.1 Å². The average Bonchev–Trinajstić information content (AvgIpc) is 3.15. The SMILES string of the molecule is Cn1nccc1[C@H]1CCC(F)(F)C[C@@]1(C)Oc1cc(F)c(S(=O)(=O)Nc2ccncn2)cc1F. The second-order valence-electron chi connectivity index (χ2n) is 8.33. The molecule has 0 bridgehead atoms. The molecule has 3 aromatic rings. The number of aromatic nitrogens is 4. The topological polar surface area (TPSA) is 99.0 Å². The summed E-state index contributed by atoms with van der Waals surface area (Å²) >= 11 is 0. The maximum absolute atomic E-state index is 15.0. The molecule has 0 radical (unpaired) electrons. The van der Waals surface area contributed by atoms with Gasteiger partial charge in [0.25, 0.3) is 15.9 Å². The highest BCUT2D eigenvalue weighted by Crippen LogP contribution is 2.49. The largest absolute Gasteiger partial charge is 0.483 e. The lowest BCUT2D eigenvalue weighted by atomic mass is 9.73. The van der Waals surface area contributed by atoms with Crippen molar-refractivity contribution in [2.24, 2.45) is 7.05 Å². The molecule has 0 unspecified atom stereocenters. The number of sulfonamides is 1. The molecule has 1 aliphatic rings. The average molecular weight is 499 g/mol. The molecular weight excluding hydrogens is 478 g/mol. The normalized spacial score (nSPS) is 22.4. The van der Waals surface area contributed by atoms with Crippen LogP contribution in [0, 0.1) is 11.6 Å². The van der Waals surface area contributed by atoms with Crippen molar-refractivity contribution in [1.29, 1.82) is 0 Å². The Bertz CT molecular complexity index is 1300. The van der Waals surface area contributed by atoms with Gasteiger partial charge < -0.3 is 4.74 Å². The molecule has 0 saturated heterocycles. The van der Waals surface area contributed by atoms with Crippen molar-refractivity contribution in [1.82, 2.24) is 19.7 Å². The molecule has 2 aromatic heterocycles. The van der Waals surface area contributed by atoms with Crippen molar-refractivity contribution in [3.63, 3.8) is 0 Å². The third-order valence-corrected chi connectivity index (χ3v) is 7.17. The van der Waals surface area contributed by atoms with Gasteiger partial charge in [-0.25, -0.2) is 35.9 Å². The minimum absolute atomic E-state index is 0.0302. The van der Waals surface area contributed by atoms with E-state index in [0.717, 1.165) is 6.33 Å². The van der Waals surface area contributed by atoms with Crippen molar-refractivity contribution in [2.75, 3.05) is 4.72 Å². The Balaban J connectivity index is 1.67. The quantitative estimate of drug-likeness (QED) is 0.515. The Morgan fingerprint density at radius 3 is 2.59 bits per heavy atom. The van der Waals surface area contributed by atoms with Crippen molar-refractivity contribution in [2.45, 2.75) is 48.5 Å². The first-order chi connectivity index (χ1) is 15.9. The van der Waals surface area contributed by atoms with Gasteiger partial charge in [0.2, 0.25) is 0 Å². The summed E-state index contributed by atoms with van der Waals surface area (Å²) in [6.45, 7) is 1.40. The highest BCUT2D eigenvalue weighted by atomic mass is 32.2. The van der Waals surface area contributed by atoms with E-state index in [1.807, 2.05) is 4.72 Å². The van der Waals surface area contributed by atoms with Crippen LogP contribution in [-0.2, 0) is 17.1 Å². The summed E-state index contributed by atoms with van der Waals surface area (Å²) in [5, 5.41) is 4.06. The third-order valence-electron chi connectivity index (χ3n) is 5.80. The van der Waals surface area contributed by atoms with Crippen LogP contribution in [0.3, 0.4) is 0 Å². The molecular formula is C21H21F4N5O3S. The van der Waals surface area contributed by atoms with Gasteiger partial charge >= 0.3 is 0 Å². The van der Waals surface area contributed by atoms with Gasteiger partial charge in [0.15, 0.2) is 11.6 Å². The molecule has 1 saturated carbocycles. The molecule has 0 aliphatic heterocycles. The molecule has 2 heterocycles. The number of anilines is 1. The van der Waals surface area contributed by atoms with Crippen LogP contribution in [0.2, 0.25) is 0 Å². The van der Waals surface area contributed by atoms with Crippen molar-refractivity contribution < 1.29 is 30.7 Å². The van der Waals surface area contributed by atoms with Crippen molar-refractivity contribution in [3.05, 3.63) is 60.3 Å². The summed E-state index contributed by atoms with van der Waals surface area (Å²) in [5.41, 5.74) is -1.02. The number of nitrogens with zero attached hydrogens (tertiary/aromatic N) is 4. The molecule has 0 spiro atoms. The second kappa shape index (κ2) is 8.53. The van der Waals surface area contributed by atoms with E-state index in [0.29, 0.717) is 17.8 Å². The number of halogens is 4. The van der Waals surface area contributed by atoms with Crippen LogP contribution in [0.15, 0.2) is 47.9 Å². The standard InChI is InChI=1S/C21H21F4N5O3S/c1-20(11-21(24,25)6-3-13(20)16-4-8-28-30(16)2)33-17-9-15(23)18(10-14(17)22)34(31,32)29-19-5-7-26-12-27-19/h4-5,7-10,12-13H,3,6,11H2,1-2H3,(H,26,27,29)/t13-,20-/m1/s1. The number of ether oxygens (including phenoxy) is 1. The van der Waals surface area contributed by atoms with E-state index >= 15 is 0 Å². The molecule has 1 aliphatic carbocycles. The molecule has 1 aromatic carbocycles. The van der Waals surface area contributed by atoms with E-state index in [1.165, 1.54) is 30.1 Å². The van der Waals surface area contributed by atoms with Gasteiger partial charge in [0.05, 0.1) is 6.42 Å². The molecule has 182 valence electrons. The number of alkyl halides is 2. The van der Waals surface area contributed by atoms with E-state index in [4.69, 9.17) is 4.74 Å². The summed E-state index contributed by atoms with van der Waals surface area (Å²) in [4.78, 5) is 6.33. The van der Waals surface area contributed by atoms with Gasteiger partial charge in [-0.1, -0.05) is 0 Å². The highest BCUT2D eigenvalue weighted by molar-refractivity contribution is 7.92. The van der Waals surface area contributed by atoms with Gasteiger partial charge in [0, 0.05) is 49.6 Å². The number of rotatable bonds is 6. The van der Waals surface area contributed by atoms with Crippen LogP contribution in [0.5, 0.6) is 5.75 Å². The lowest BCUT2D eigenvalue weighted by Crippen LogP contribution is -2.49. The first kappa shape index (κ1) is 23.9. The van der Waals surface area contributed by atoms with Crippen molar-refractivity contribution >= 4 is 15.8 Å². The van der Waals surface area contributed by atoms with Crippen LogP contribution in [0.25, 0.3) is 0 Å². The summed E-state index contributed by atoms with van der Waals surface area (Å²) in [6, 6.07) is 3.87. The van der Waals surface area contributed by atoms with E-state index in [9.17, 15) is 26.0 Å². The number of nitrogens with one attached hydrogen (secondary N) is 1. The molecule has 34 heavy (non-hydrogen) atoms. The highest BCUT2D eigenvalue weighted by Gasteiger charge is 2.52. The molecule has 0 amide bonds. The number of hydrogen-bond donors (Lipinski definition) is 1. The maximum atomic E-state index is 15.0. The fourth-order valence-corrected chi connectivity index (χ4v) is 5.35. The molecule has 2 atom stereocenters. The van der Waals surface area contributed by atoms with Crippen molar-refractivity contribution in [3.8, 4) is 5.75 Å². The van der Waals surface area contributed by atoms with Crippen LogP contribution in [-0.4, -0.2) is 39.7 Å². The number of hydrogen-bond acceptors (Lipinski definition) is 6. The summed E-state index contributed by atoms with van der Waals surface area (Å²) in [7, 11) is -2.90. The second-order valence-corrected chi connectivity index (χ2v) is 9.98. The van der Waals surface area contributed by atoms with Crippen LogP contribution in [0.1, 0.15) is 37.8 Å². The molecule has 1 N–H and O–H groups in total. The fourth-order valence-electron chi connectivity index (χ4n) is 4.27. The minimum atomic E-state index is -4.54. The lowest BCUT2D eigenvalue weighted by molar-refractivity contribution is -0.118. The van der Waals surface area contributed by atoms with Gasteiger partial charge in [-0.15, -0.1) is 0 Å². The fraction of sp³-hybridized carbons (Fsp3) is 0.381. The van der Waals surface area contributed by atoms with Crippen LogP contribution in [0.4, 0.5) is 23.4 Å². The summed E-state index contributed by atoms with van der Waals surface area (Å²) in [6.07, 6.45) is 2.73. The summed E-state index contributed by atoms with van der Waals surface area (Å²) in [5.74, 6) is -7.03. The van der Waals surface area contributed by atoms with E-state index in [-0.39, 0.29) is 12.2 Å². The lowest BCUT2D eigenvalue weighted by Gasteiger charge is -2.44. The minimum Gasteiger partial charge on any atom is -0.483 e. The molecule has 4 rings (SSSR count). The van der Waals surface area contributed by atoms with E-state index < -0.39 is 62.6 Å². The zero-order valence-electron chi connectivity index (χ0n) is 18.2. The van der Waals surface area contributed by atoms with E-state index in [2.05, 4.69) is 15.1 Å². The zero-order chi connectivity index (χ0) is 24.7. The third kappa shape index (κ3) is 4.69. The molecule has 13 heteroatoms. The van der Waals surface area contributed by atoms with Crippen LogP contribution < -0.4 is 9.46 Å². The Kier molecular flexibility index (Phi) is 6.00. The van der Waals surface area contributed by atoms with Gasteiger partial charge in [-0.3, -0.25) is 9.40 Å². The Hall–Kier alpha value is -3.22. The molecule has 1 fully saturated rings. The Morgan fingerprint density at radius 2 is 1.94 bits per heavy atom. The Morgan fingerprint density at radius 1 is 1.18 bits per heavy atom. The maximum Gasteiger partial charge on any atom is 0.266 e. The number of aryl methyl sites for hydroxylation is 1. The zero-order valence-corrected chi connectivity index (χ0v) is 19.0.